The lowest BCUT2D eigenvalue weighted by Gasteiger charge is -2.39. The molecule has 0 N–H and O–H groups in total. The first-order valence-electron chi connectivity index (χ1n) is 9.38. The van der Waals surface area contributed by atoms with Gasteiger partial charge in [0.2, 0.25) is 0 Å². The van der Waals surface area contributed by atoms with E-state index < -0.39 is 8.32 Å². The zero-order valence-corrected chi connectivity index (χ0v) is 17.7. The SMILES string of the molecule is CCCCCCCCCC(CC(=O)OC)O[Si](C)(C)C(C)(C)C. The Kier molecular flexibility index (Phi) is 11.1. The highest BCUT2D eigenvalue weighted by Gasteiger charge is 2.39. The van der Waals surface area contributed by atoms with E-state index >= 15 is 0 Å². The van der Waals surface area contributed by atoms with Gasteiger partial charge in [0.15, 0.2) is 8.32 Å². The van der Waals surface area contributed by atoms with Crippen molar-refractivity contribution in [1.29, 1.82) is 0 Å². The number of methoxy groups -OCH3 is 1. The summed E-state index contributed by atoms with van der Waals surface area (Å²) in [4.78, 5) is 11.7. The molecule has 0 aliphatic heterocycles. The van der Waals surface area contributed by atoms with Crippen LogP contribution in [0.3, 0.4) is 0 Å². The molecule has 1 atom stereocenters. The van der Waals surface area contributed by atoms with Crippen molar-refractivity contribution >= 4 is 14.3 Å². The molecule has 0 aliphatic rings. The van der Waals surface area contributed by atoms with Crippen molar-refractivity contribution in [3.63, 3.8) is 0 Å². The maximum atomic E-state index is 11.7. The summed E-state index contributed by atoms with van der Waals surface area (Å²) in [6.45, 7) is 13.5. The zero-order chi connectivity index (χ0) is 17.9. The first-order chi connectivity index (χ1) is 10.6. The van der Waals surface area contributed by atoms with E-state index in [0.717, 1.165) is 12.8 Å². The van der Waals surface area contributed by atoms with Gasteiger partial charge in [-0.25, -0.2) is 0 Å². The van der Waals surface area contributed by atoms with Crippen molar-refractivity contribution in [2.24, 2.45) is 0 Å². The maximum Gasteiger partial charge on any atom is 0.308 e. The smallest absolute Gasteiger partial charge is 0.308 e. The number of ether oxygens (including phenoxy) is 1. The normalized spacial score (nSPS) is 13.9. The Bertz CT molecular complexity index is 321. The first-order valence-corrected chi connectivity index (χ1v) is 12.3. The van der Waals surface area contributed by atoms with Crippen LogP contribution in [0.2, 0.25) is 18.1 Å². The van der Waals surface area contributed by atoms with Crippen LogP contribution in [-0.4, -0.2) is 27.5 Å². The van der Waals surface area contributed by atoms with E-state index in [1.165, 1.54) is 45.6 Å². The number of carbonyl (C=O) groups excluding carboxylic acids is 1. The van der Waals surface area contributed by atoms with Crippen molar-refractivity contribution in [1.82, 2.24) is 0 Å². The van der Waals surface area contributed by atoms with E-state index in [9.17, 15) is 4.79 Å². The molecule has 0 rings (SSSR count). The number of rotatable bonds is 12. The molecule has 0 heterocycles. The van der Waals surface area contributed by atoms with Gasteiger partial charge < -0.3 is 9.16 Å². The van der Waals surface area contributed by atoms with Gasteiger partial charge in [0.1, 0.15) is 0 Å². The van der Waals surface area contributed by atoms with E-state index in [-0.39, 0.29) is 17.1 Å². The summed E-state index contributed by atoms with van der Waals surface area (Å²) in [5.41, 5.74) is 0. The van der Waals surface area contributed by atoms with Crippen LogP contribution < -0.4 is 0 Å². The molecule has 0 aliphatic carbocycles. The second-order valence-electron chi connectivity index (χ2n) is 8.19. The summed E-state index contributed by atoms with van der Waals surface area (Å²) < 4.78 is 11.3. The molecule has 0 radical (unpaired) electrons. The monoisotopic (exact) mass is 344 g/mol. The third kappa shape index (κ3) is 10.2. The maximum absolute atomic E-state index is 11.7. The highest BCUT2D eigenvalue weighted by molar-refractivity contribution is 6.74. The summed E-state index contributed by atoms with van der Waals surface area (Å²) in [6, 6.07) is 0. The molecule has 0 aromatic heterocycles. The van der Waals surface area contributed by atoms with Crippen LogP contribution in [0.5, 0.6) is 0 Å². The van der Waals surface area contributed by atoms with Crippen molar-refractivity contribution in [2.45, 2.75) is 110 Å². The van der Waals surface area contributed by atoms with Crippen LogP contribution in [0, 0.1) is 0 Å². The van der Waals surface area contributed by atoms with Crippen molar-refractivity contribution in [3.05, 3.63) is 0 Å². The molecule has 3 nitrogen and oxygen atoms in total. The molecule has 0 aromatic carbocycles. The standard InChI is InChI=1S/C19H40O3Si/c1-8-9-10-11-12-13-14-15-17(16-18(20)21-5)22-23(6,7)19(2,3)4/h17H,8-16H2,1-7H3. The van der Waals surface area contributed by atoms with Crippen LogP contribution in [-0.2, 0) is 14.0 Å². The number of unbranched alkanes of at least 4 members (excludes halogenated alkanes) is 6. The van der Waals surface area contributed by atoms with Gasteiger partial charge in [-0.2, -0.15) is 0 Å². The Hall–Kier alpha value is -0.353. The Balaban J connectivity index is 4.34. The molecule has 1 unspecified atom stereocenters. The van der Waals surface area contributed by atoms with Gasteiger partial charge in [0.05, 0.1) is 19.6 Å². The second-order valence-corrected chi connectivity index (χ2v) is 12.9. The molecular formula is C19H40O3Si. The molecule has 0 aromatic rings. The predicted molar refractivity (Wildman–Crippen MR) is 101 cm³/mol. The number of carbonyl (C=O) groups is 1. The Morgan fingerprint density at radius 1 is 1.00 bits per heavy atom. The molecule has 138 valence electrons. The Morgan fingerprint density at radius 2 is 1.52 bits per heavy atom. The van der Waals surface area contributed by atoms with Gasteiger partial charge in [-0.3, -0.25) is 4.79 Å². The molecule has 0 amide bonds. The van der Waals surface area contributed by atoms with E-state index in [0.29, 0.717) is 6.42 Å². The number of esters is 1. The Morgan fingerprint density at radius 3 is 2.00 bits per heavy atom. The molecule has 0 bridgehead atoms. The second kappa shape index (κ2) is 11.2. The highest BCUT2D eigenvalue weighted by Crippen LogP contribution is 2.38. The molecule has 4 heteroatoms. The minimum Gasteiger partial charge on any atom is -0.469 e. The molecule has 23 heavy (non-hydrogen) atoms. The molecule has 0 fully saturated rings. The van der Waals surface area contributed by atoms with E-state index in [2.05, 4.69) is 40.8 Å². The fourth-order valence-electron chi connectivity index (χ4n) is 2.39. The summed E-state index contributed by atoms with van der Waals surface area (Å²) in [5.74, 6) is -0.156. The van der Waals surface area contributed by atoms with Gasteiger partial charge in [-0.1, -0.05) is 72.6 Å². The third-order valence-electron chi connectivity index (χ3n) is 5.02. The first kappa shape index (κ1) is 22.6. The highest BCUT2D eigenvalue weighted by atomic mass is 28.4. The van der Waals surface area contributed by atoms with Crippen LogP contribution in [0.15, 0.2) is 0 Å². The van der Waals surface area contributed by atoms with E-state index in [1.54, 1.807) is 0 Å². The van der Waals surface area contributed by atoms with Crippen LogP contribution in [0.1, 0.15) is 85.5 Å². The summed E-state index contributed by atoms with van der Waals surface area (Å²) in [7, 11) is -0.384. The van der Waals surface area contributed by atoms with E-state index in [4.69, 9.17) is 9.16 Å². The van der Waals surface area contributed by atoms with Crippen molar-refractivity contribution in [3.8, 4) is 0 Å². The van der Waals surface area contributed by atoms with Crippen molar-refractivity contribution < 1.29 is 14.0 Å². The van der Waals surface area contributed by atoms with Crippen LogP contribution >= 0.6 is 0 Å². The fraction of sp³-hybridized carbons (Fsp3) is 0.947. The minimum absolute atomic E-state index is 0.0129. The molecule has 0 saturated heterocycles. The van der Waals surface area contributed by atoms with Crippen molar-refractivity contribution in [2.75, 3.05) is 7.11 Å². The average molecular weight is 345 g/mol. The fourth-order valence-corrected chi connectivity index (χ4v) is 3.78. The van der Waals surface area contributed by atoms with Gasteiger partial charge in [-0.05, 0) is 24.6 Å². The summed E-state index contributed by atoms with van der Waals surface area (Å²) in [5, 5.41) is 0.168. The summed E-state index contributed by atoms with van der Waals surface area (Å²) in [6.07, 6.45) is 10.4. The van der Waals surface area contributed by atoms with Crippen LogP contribution in [0.25, 0.3) is 0 Å². The summed E-state index contributed by atoms with van der Waals surface area (Å²) >= 11 is 0. The number of hydrogen-bond acceptors (Lipinski definition) is 3. The largest absolute Gasteiger partial charge is 0.469 e. The lowest BCUT2D eigenvalue weighted by Crippen LogP contribution is -2.44. The topological polar surface area (TPSA) is 35.5 Å². The third-order valence-corrected chi connectivity index (χ3v) is 9.55. The quantitative estimate of drug-likeness (QED) is 0.244. The molecule has 0 saturated carbocycles. The average Bonchev–Trinajstić information content (AvgIpc) is 2.44. The van der Waals surface area contributed by atoms with Gasteiger partial charge in [-0.15, -0.1) is 0 Å². The Labute approximate surface area is 145 Å². The lowest BCUT2D eigenvalue weighted by atomic mass is 10.1. The lowest BCUT2D eigenvalue weighted by molar-refractivity contribution is -0.142. The van der Waals surface area contributed by atoms with Gasteiger partial charge in [0, 0.05) is 0 Å². The van der Waals surface area contributed by atoms with Crippen LogP contribution in [0.4, 0.5) is 0 Å². The van der Waals surface area contributed by atoms with Gasteiger partial charge in [0.25, 0.3) is 0 Å². The number of hydrogen-bond donors (Lipinski definition) is 0. The minimum atomic E-state index is -1.84. The predicted octanol–water partition coefficient (Wildman–Crippen LogP) is 6.08. The molecular weight excluding hydrogens is 304 g/mol. The molecule has 0 spiro atoms. The zero-order valence-electron chi connectivity index (χ0n) is 16.7. The van der Waals surface area contributed by atoms with Gasteiger partial charge >= 0.3 is 5.97 Å². The van der Waals surface area contributed by atoms with E-state index in [1.807, 2.05) is 0 Å².